The van der Waals surface area contributed by atoms with Crippen LogP contribution in [0.15, 0.2) is 37.1 Å². The Labute approximate surface area is 117 Å². The van der Waals surface area contributed by atoms with Gasteiger partial charge in [-0.3, -0.25) is 9.36 Å². The summed E-state index contributed by atoms with van der Waals surface area (Å²) in [5.41, 5.74) is 0.600. The van der Waals surface area contributed by atoms with Crippen LogP contribution < -0.4 is 0 Å². The molecule has 1 amide bonds. The van der Waals surface area contributed by atoms with Gasteiger partial charge in [-0.1, -0.05) is 0 Å². The van der Waals surface area contributed by atoms with Crippen molar-refractivity contribution in [1.29, 1.82) is 0 Å². The number of morpholine rings is 1. The Kier molecular flexibility index (Phi) is 3.47. The van der Waals surface area contributed by atoms with Crippen LogP contribution in [0.25, 0.3) is 5.82 Å². The molecule has 1 aliphatic rings. The lowest BCUT2D eigenvalue weighted by Crippen LogP contribution is -2.47. The SMILES string of the molecule is C[C@H]1COCCN1C(=O)c1ccc(-n2ccnc2)nc1. The van der Waals surface area contributed by atoms with Crippen molar-refractivity contribution >= 4 is 5.91 Å². The predicted octanol–water partition coefficient (Wildman–Crippen LogP) is 1.13. The molecule has 1 fully saturated rings. The first-order valence-electron chi connectivity index (χ1n) is 6.59. The minimum Gasteiger partial charge on any atom is -0.377 e. The fraction of sp³-hybridized carbons (Fsp3) is 0.357. The molecular formula is C14H16N4O2. The number of ether oxygens (including phenoxy) is 1. The van der Waals surface area contributed by atoms with Gasteiger partial charge in [0.2, 0.25) is 0 Å². The summed E-state index contributed by atoms with van der Waals surface area (Å²) in [7, 11) is 0. The van der Waals surface area contributed by atoms with Crippen LogP contribution in [0, 0.1) is 0 Å². The van der Waals surface area contributed by atoms with E-state index in [1.165, 1.54) is 0 Å². The molecule has 20 heavy (non-hydrogen) atoms. The van der Waals surface area contributed by atoms with E-state index in [2.05, 4.69) is 9.97 Å². The maximum absolute atomic E-state index is 12.4. The average Bonchev–Trinajstić information content (AvgIpc) is 3.01. The number of aromatic nitrogens is 3. The smallest absolute Gasteiger partial charge is 0.255 e. The number of carbonyl (C=O) groups excluding carboxylic acids is 1. The van der Waals surface area contributed by atoms with Crippen LogP contribution in [0.5, 0.6) is 0 Å². The Hall–Kier alpha value is -2.21. The van der Waals surface area contributed by atoms with Crippen LogP contribution in [-0.2, 0) is 4.74 Å². The fourth-order valence-electron chi connectivity index (χ4n) is 2.25. The Morgan fingerprint density at radius 1 is 1.45 bits per heavy atom. The van der Waals surface area contributed by atoms with Gasteiger partial charge in [-0.05, 0) is 19.1 Å². The lowest BCUT2D eigenvalue weighted by molar-refractivity contribution is 0.00357. The van der Waals surface area contributed by atoms with Crippen LogP contribution in [0.3, 0.4) is 0 Å². The van der Waals surface area contributed by atoms with Gasteiger partial charge in [0.25, 0.3) is 5.91 Å². The van der Waals surface area contributed by atoms with Crippen LogP contribution in [0.4, 0.5) is 0 Å². The molecule has 6 nitrogen and oxygen atoms in total. The van der Waals surface area contributed by atoms with Gasteiger partial charge >= 0.3 is 0 Å². The van der Waals surface area contributed by atoms with E-state index >= 15 is 0 Å². The summed E-state index contributed by atoms with van der Waals surface area (Å²) >= 11 is 0. The highest BCUT2D eigenvalue weighted by Gasteiger charge is 2.24. The summed E-state index contributed by atoms with van der Waals surface area (Å²) in [4.78, 5) is 22.5. The van der Waals surface area contributed by atoms with Crippen molar-refractivity contribution in [1.82, 2.24) is 19.4 Å². The molecule has 2 aromatic heterocycles. The molecule has 1 aliphatic heterocycles. The predicted molar refractivity (Wildman–Crippen MR) is 72.7 cm³/mol. The Bertz CT molecular complexity index is 580. The second-order valence-corrected chi connectivity index (χ2v) is 4.80. The summed E-state index contributed by atoms with van der Waals surface area (Å²) in [6, 6.07) is 3.72. The largest absolute Gasteiger partial charge is 0.377 e. The zero-order valence-electron chi connectivity index (χ0n) is 11.3. The molecule has 0 bridgehead atoms. The summed E-state index contributed by atoms with van der Waals surface area (Å²) < 4.78 is 7.14. The molecule has 2 aromatic rings. The molecule has 3 rings (SSSR count). The average molecular weight is 272 g/mol. The molecule has 0 saturated carbocycles. The quantitative estimate of drug-likeness (QED) is 0.822. The molecule has 0 aromatic carbocycles. The molecule has 3 heterocycles. The second kappa shape index (κ2) is 5.42. The van der Waals surface area contributed by atoms with E-state index in [1.807, 2.05) is 24.1 Å². The lowest BCUT2D eigenvalue weighted by atomic mass is 10.2. The van der Waals surface area contributed by atoms with Crippen molar-refractivity contribution in [2.24, 2.45) is 0 Å². The van der Waals surface area contributed by atoms with Crippen molar-refractivity contribution in [3.05, 3.63) is 42.6 Å². The minimum atomic E-state index is 0.00508. The lowest BCUT2D eigenvalue weighted by Gasteiger charge is -2.33. The number of carbonyl (C=O) groups is 1. The maximum Gasteiger partial charge on any atom is 0.255 e. The molecule has 0 spiro atoms. The fourth-order valence-corrected chi connectivity index (χ4v) is 2.25. The third-order valence-corrected chi connectivity index (χ3v) is 3.39. The topological polar surface area (TPSA) is 60.2 Å². The number of amides is 1. The van der Waals surface area contributed by atoms with E-state index in [0.29, 0.717) is 25.3 Å². The van der Waals surface area contributed by atoms with Crippen molar-refractivity contribution in [2.45, 2.75) is 13.0 Å². The van der Waals surface area contributed by atoms with Crippen LogP contribution >= 0.6 is 0 Å². The monoisotopic (exact) mass is 272 g/mol. The molecule has 0 N–H and O–H groups in total. The van der Waals surface area contributed by atoms with E-state index in [-0.39, 0.29) is 11.9 Å². The molecular weight excluding hydrogens is 256 g/mol. The Morgan fingerprint density at radius 3 is 3.00 bits per heavy atom. The zero-order chi connectivity index (χ0) is 13.9. The van der Waals surface area contributed by atoms with Gasteiger partial charge in [0.15, 0.2) is 0 Å². The highest BCUT2D eigenvalue weighted by atomic mass is 16.5. The molecule has 104 valence electrons. The van der Waals surface area contributed by atoms with Gasteiger partial charge in [-0.15, -0.1) is 0 Å². The van der Waals surface area contributed by atoms with Crippen molar-refractivity contribution in [2.75, 3.05) is 19.8 Å². The number of imidazole rings is 1. The van der Waals surface area contributed by atoms with Crippen LogP contribution in [-0.4, -0.2) is 51.1 Å². The molecule has 6 heteroatoms. The third kappa shape index (κ3) is 2.42. The Morgan fingerprint density at radius 2 is 2.35 bits per heavy atom. The van der Waals surface area contributed by atoms with E-state index in [1.54, 1.807) is 29.4 Å². The van der Waals surface area contributed by atoms with Gasteiger partial charge in [0.1, 0.15) is 12.1 Å². The first-order valence-corrected chi connectivity index (χ1v) is 6.59. The molecule has 0 radical (unpaired) electrons. The summed E-state index contributed by atoms with van der Waals surface area (Å²) in [5, 5.41) is 0. The third-order valence-electron chi connectivity index (χ3n) is 3.39. The van der Waals surface area contributed by atoms with E-state index in [0.717, 1.165) is 5.82 Å². The first-order chi connectivity index (χ1) is 9.75. The highest BCUT2D eigenvalue weighted by molar-refractivity contribution is 5.94. The highest BCUT2D eigenvalue weighted by Crippen LogP contribution is 2.13. The van der Waals surface area contributed by atoms with Gasteiger partial charge in [0.05, 0.1) is 24.8 Å². The Balaban J connectivity index is 1.78. The van der Waals surface area contributed by atoms with Crippen LogP contribution in [0.2, 0.25) is 0 Å². The maximum atomic E-state index is 12.4. The number of nitrogens with zero attached hydrogens (tertiary/aromatic N) is 4. The number of hydrogen-bond donors (Lipinski definition) is 0. The molecule has 0 aliphatic carbocycles. The van der Waals surface area contributed by atoms with E-state index < -0.39 is 0 Å². The zero-order valence-corrected chi connectivity index (χ0v) is 11.3. The molecule has 1 saturated heterocycles. The standard InChI is InChI=1S/C14H16N4O2/c1-11-9-20-7-6-18(11)14(19)12-2-3-13(16-8-12)17-5-4-15-10-17/h2-5,8,10-11H,6-7,9H2,1H3/t11-/m0/s1. The van der Waals surface area contributed by atoms with Gasteiger partial charge in [-0.2, -0.15) is 0 Å². The molecule has 0 unspecified atom stereocenters. The number of rotatable bonds is 2. The summed E-state index contributed by atoms with van der Waals surface area (Å²) in [5.74, 6) is 0.750. The van der Waals surface area contributed by atoms with Gasteiger partial charge < -0.3 is 9.64 Å². The molecule has 1 atom stereocenters. The van der Waals surface area contributed by atoms with Crippen molar-refractivity contribution in [3.8, 4) is 5.82 Å². The summed E-state index contributed by atoms with van der Waals surface area (Å²) in [6.07, 6.45) is 6.79. The van der Waals surface area contributed by atoms with E-state index in [4.69, 9.17) is 4.74 Å². The van der Waals surface area contributed by atoms with Crippen molar-refractivity contribution < 1.29 is 9.53 Å². The number of pyridine rings is 1. The first kappa shape index (κ1) is 12.8. The minimum absolute atomic E-state index is 0.00508. The summed E-state index contributed by atoms with van der Waals surface area (Å²) in [6.45, 7) is 3.80. The van der Waals surface area contributed by atoms with Crippen molar-refractivity contribution in [3.63, 3.8) is 0 Å². The van der Waals surface area contributed by atoms with Gasteiger partial charge in [0, 0.05) is 25.1 Å². The normalized spacial score (nSPS) is 19.1. The van der Waals surface area contributed by atoms with Gasteiger partial charge in [-0.25, -0.2) is 9.97 Å². The second-order valence-electron chi connectivity index (χ2n) is 4.80. The van der Waals surface area contributed by atoms with Crippen LogP contribution in [0.1, 0.15) is 17.3 Å². The van der Waals surface area contributed by atoms with E-state index in [9.17, 15) is 4.79 Å². The number of hydrogen-bond acceptors (Lipinski definition) is 4.